The van der Waals surface area contributed by atoms with Crippen LogP contribution in [0.25, 0.3) is 0 Å². The summed E-state index contributed by atoms with van der Waals surface area (Å²) in [5.74, 6) is 0.783. The maximum Gasteiger partial charge on any atom is 0.0625 e. The van der Waals surface area contributed by atoms with Gasteiger partial charge in [0.25, 0.3) is 0 Å². The lowest BCUT2D eigenvalue weighted by atomic mass is 9.89. The molecule has 1 aliphatic rings. The van der Waals surface area contributed by atoms with Crippen LogP contribution in [-0.4, -0.2) is 16.3 Å². The third-order valence-corrected chi connectivity index (χ3v) is 4.83. The van der Waals surface area contributed by atoms with Gasteiger partial charge in [0, 0.05) is 6.54 Å². The average Bonchev–Trinajstić information content (AvgIpc) is 2.73. The molecule has 1 fully saturated rings. The van der Waals surface area contributed by atoms with Crippen LogP contribution < -0.4 is 5.32 Å². The molecule has 3 heteroatoms. The summed E-state index contributed by atoms with van der Waals surface area (Å²) in [5, 5.41) is 8.61. The molecule has 0 amide bonds. The normalized spacial score (nSPS) is 18.6. The van der Waals surface area contributed by atoms with Crippen molar-refractivity contribution in [1.29, 1.82) is 0 Å². The zero-order chi connectivity index (χ0) is 15.1. The van der Waals surface area contributed by atoms with E-state index in [0.29, 0.717) is 6.04 Å². The first kappa shape index (κ1) is 16.5. The van der Waals surface area contributed by atoms with E-state index in [0.717, 1.165) is 25.4 Å². The molecule has 21 heavy (non-hydrogen) atoms. The minimum absolute atomic E-state index is 0.496. The largest absolute Gasteiger partial charge is 0.308 e. The second-order valence-electron chi connectivity index (χ2n) is 6.41. The zero-order valence-corrected chi connectivity index (χ0v) is 14.2. The van der Waals surface area contributed by atoms with Crippen LogP contribution in [0.1, 0.15) is 83.1 Å². The van der Waals surface area contributed by atoms with E-state index in [1.165, 1.54) is 56.3 Å². The fraction of sp³-hybridized carbons (Fsp3) is 0.833. The fourth-order valence-corrected chi connectivity index (χ4v) is 3.62. The van der Waals surface area contributed by atoms with Crippen molar-refractivity contribution in [3.63, 3.8) is 0 Å². The molecule has 120 valence electrons. The molecule has 0 aliphatic heterocycles. The molecule has 1 aromatic heterocycles. The number of rotatable bonds is 7. The molecular weight excluding hydrogens is 258 g/mol. The molecule has 1 N–H and O–H groups in total. The molecular formula is C18H33N3. The van der Waals surface area contributed by atoms with Gasteiger partial charge in [0.2, 0.25) is 0 Å². The highest BCUT2D eigenvalue weighted by atomic mass is 15.3. The summed E-state index contributed by atoms with van der Waals surface area (Å²) in [6.07, 6.45) is 10.6. The Balaban J connectivity index is 2.22. The van der Waals surface area contributed by atoms with Gasteiger partial charge in [0.05, 0.1) is 17.4 Å². The van der Waals surface area contributed by atoms with E-state index in [2.05, 4.69) is 36.8 Å². The Kier molecular flexibility index (Phi) is 6.75. The van der Waals surface area contributed by atoms with Gasteiger partial charge in [0.1, 0.15) is 0 Å². The van der Waals surface area contributed by atoms with Gasteiger partial charge in [-0.3, -0.25) is 4.68 Å². The lowest BCUT2D eigenvalue weighted by Gasteiger charge is -2.28. The maximum atomic E-state index is 4.77. The molecule has 0 aromatic carbocycles. The van der Waals surface area contributed by atoms with E-state index in [9.17, 15) is 0 Å². The van der Waals surface area contributed by atoms with E-state index >= 15 is 0 Å². The SMILES string of the molecule is CCCNC(c1cc(CC)nn1CC)C1CCCCCC1. The van der Waals surface area contributed by atoms with Gasteiger partial charge in [0.15, 0.2) is 0 Å². The summed E-state index contributed by atoms with van der Waals surface area (Å²) in [7, 11) is 0. The van der Waals surface area contributed by atoms with E-state index in [1.54, 1.807) is 0 Å². The van der Waals surface area contributed by atoms with Crippen molar-refractivity contribution in [2.24, 2.45) is 5.92 Å². The number of nitrogens with zero attached hydrogens (tertiary/aromatic N) is 2. The van der Waals surface area contributed by atoms with Crippen LogP contribution in [0.3, 0.4) is 0 Å². The molecule has 1 saturated carbocycles. The molecule has 2 rings (SSSR count). The van der Waals surface area contributed by atoms with Crippen molar-refractivity contribution in [3.8, 4) is 0 Å². The monoisotopic (exact) mass is 291 g/mol. The molecule has 1 unspecified atom stereocenters. The van der Waals surface area contributed by atoms with E-state index in [-0.39, 0.29) is 0 Å². The van der Waals surface area contributed by atoms with Crippen molar-refractivity contribution >= 4 is 0 Å². The van der Waals surface area contributed by atoms with Crippen molar-refractivity contribution in [2.75, 3.05) is 6.54 Å². The Labute approximate surface area is 130 Å². The Bertz CT molecular complexity index is 403. The van der Waals surface area contributed by atoms with Gasteiger partial charge < -0.3 is 5.32 Å². The van der Waals surface area contributed by atoms with Gasteiger partial charge in [-0.25, -0.2) is 0 Å². The Morgan fingerprint density at radius 1 is 1.19 bits per heavy atom. The van der Waals surface area contributed by atoms with E-state index < -0.39 is 0 Å². The van der Waals surface area contributed by atoms with Crippen molar-refractivity contribution in [2.45, 2.75) is 84.7 Å². The topological polar surface area (TPSA) is 29.9 Å². The first-order valence-electron chi connectivity index (χ1n) is 9.10. The van der Waals surface area contributed by atoms with Crippen LogP contribution in [0.15, 0.2) is 6.07 Å². The predicted octanol–water partition coefficient (Wildman–Crippen LogP) is 4.48. The van der Waals surface area contributed by atoms with Gasteiger partial charge in [-0.15, -0.1) is 0 Å². The smallest absolute Gasteiger partial charge is 0.0625 e. The van der Waals surface area contributed by atoms with Crippen LogP contribution in [0, 0.1) is 5.92 Å². The summed E-state index contributed by atoms with van der Waals surface area (Å²) in [6.45, 7) is 8.75. The zero-order valence-electron chi connectivity index (χ0n) is 14.2. The summed E-state index contributed by atoms with van der Waals surface area (Å²) in [6, 6.07) is 2.85. The number of hydrogen-bond donors (Lipinski definition) is 1. The van der Waals surface area contributed by atoms with Crippen LogP contribution in [0.2, 0.25) is 0 Å². The number of aromatic nitrogens is 2. The summed E-state index contributed by atoms with van der Waals surface area (Å²) < 4.78 is 2.23. The summed E-state index contributed by atoms with van der Waals surface area (Å²) in [5.41, 5.74) is 2.67. The highest BCUT2D eigenvalue weighted by molar-refractivity contribution is 5.16. The Morgan fingerprint density at radius 3 is 2.48 bits per heavy atom. The van der Waals surface area contributed by atoms with Crippen molar-refractivity contribution in [3.05, 3.63) is 17.5 Å². The minimum atomic E-state index is 0.496. The summed E-state index contributed by atoms with van der Waals surface area (Å²) in [4.78, 5) is 0. The molecule has 1 atom stereocenters. The molecule has 1 aliphatic carbocycles. The van der Waals surface area contributed by atoms with Gasteiger partial charge in [-0.05, 0) is 51.1 Å². The first-order valence-corrected chi connectivity index (χ1v) is 9.10. The highest BCUT2D eigenvalue weighted by Gasteiger charge is 2.26. The predicted molar refractivity (Wildman–Crippen MR) is 89.5 cm³/mol. The van der Waals surface area contributed by atoms with Crippen LogP contribution in [0.5, 0.6) is 0 Å². The standard InChI is InChI=1S/C18H33N3/c1-4-13-19-18(15-11-9-7-8-10-12-15)17-14-16(5-2)20-21(17)6-3/h14-15,18-19H,4-13H2,1-3H3. The highest BCUT2D eigenvalue weighted by Crippen LogP contribution is 2.34. The van der Waals surface area contributed by atoms with E-state index in [4.69, 9.17) is 5.10 Å². The lowest BCUT2D eigenvalue weighted by Crippen LogP contribution is -2.31. The van der Waals surface area contributed by atoms with Gasteiger partial charge in [-0.1, -0.05) is 39.5 Å². The number of nitrogens with one attached hydrogen (secondary N) is 1. The maximum absolute atomic E-state index is 4.77. The Hall–Kier alpha value is -0.830. The third-order valence-electron chi connectivity index (χ3n) is 4.83. The number of aryl methyl sites for hydroxylation is 2. The van der Waals surface area contributed by atoms with Gasteiger partial charge in [-0.2, -0.15) is 5.10 Å². The van der Waals surface area contributed by atoms with Gasteiger partial charge >= 0.3 is 0 Å². The second-order valence-corrected chi connectivity index (χ2v) is 6.41. The molecule has 1 heterocycles. The number of hydrogen-bond acceptors (Lipinski definition) is 2. The lowest BCUT2D eigenvalue weighted by molar-refractivity contribution is 0.309. The molecule has 0 radical (unpaired) electrons. The third kappa shape index (κ3) is 4.32. The summed E-state index contributed by atoms with van der Waals surface area (Å²) >= 11 is 0. The average molecular weight is 291 g/mol. The molecule has 0 bridgehead atoms. The molecule has 3 nitrogen and oxygen atoms in total. The fourth-order valence-electron chi connectivity index (χ4n) is 3.62. The van der Waals surface area contributed by atoms with Crippen molar-refractivity contribution < 1.29 is 0 Å². The van der Waals surface area contributed by atoms with Crippen molar-refractivity contribution in [1.82, 2.24) is 15.1 Å². The Morgan fingerprint density at radius 2 is 1.90 bits per heavy atom. The molecule has 0 spiro atoms. The van der Waals surface area contributed by atoms with E-state index in [1.807, 2.05) is 0 Å². The molecule has 0 saturated heterocycles. The van der Waals surface area contributed by atoms with Crippen LogP contribution in [-0.2, 0) is 13.0 Å². The second kappa shape index (κ2) is 8.57. The first-order chi connectivity index (χ1) is 10.3. The van der Waals surface area contributed by atoms with Crippen LogP contribution in [0.4, 0.5) is 0 Å². The molecule has 1 aromatic rings. The minimum Gasteiger partial charge on any atom is -0.308 e. The quantitative estimate of drug-likeness (QED) is 0.751. The van der Waals surface area contributed by atoms with Crippen LogP contribution >= 0.6 is 0 Å².